The molecule has 3 aromatic rings. The van der Waals surface area contributed by atoms with Crippen LogP contribution in [0.15, 0.2) is 47.5 Å². The number of hydrogen-bond donors (Lipinski definition) is 3. The van der Waals surface area contributed by atoms with Gasteiger partial charge in [-0.15, -0.1) is 0 Å². The second-order valence-electron chi connectivity index (χ2n) is 8.50. The van der Waals surface area contributed by atoms with Gasteiger partial charge in [-0.1, -0.05) is 12.1 Å². The Hall–Kier alpha value is -3.77. The van der Waals surface area contributed by atoms with Crippen molar-refractivity contribution >= 4 is 39.2 Å². The van der Waals surface area contributed by atoms with Crippen LogP contribution in [0.4, 0.5) is 32.3 Å². The van der Waals surface area contributed by atoms with Crippen LogP contribution in [0.2, 0.25) is 0 Å². The molecule has 12 heteroatoms. The van der Waals surface area contributed by atoms with Crippen molar-refractivity contribution in [3.8, 4) is 0 Å². The summed E-state index contributed by atoms with van der Waals surface area (Å²) < 4.78 is 38.1. The lowest BCUT2D eigenvalue weighted by Gasteiger charge is -2.31. The number of benzene rings is 2. The van der Waals surface area contributed by atoms with Gasteiger partial charge in [-0.2, -0.15) is 4.98 Å². The van der Waals surface area contributed by atoms with Crippen molar-refractivity contribution in [3.63, 3.8) is 0 Å². The monoisotopic (exact) mass is 499 g/mol. The first-order valence-corrected chi connectivity index (χ1v) is 12.3. The minimum atomic E-state index is -3.91. The summed E-state index contributed by atoms with van der Waals surface area (Å²) in [5.41, 5.74) is 3.60. The predicted octanol–water partition coefficient (Wildman–Crippen LogP) is 3.10. The van der Waals surface area contributed by atoms with Crippen molar-refractivity contribution < 1.29 is 17.6 Å². The van der Waals surface area contributed by atoms with Gasteiger partial charge in [0.05, 0.1) is 11.1 Å². The van der Waals surface area contributed by atoms with E-state index in [1.807, 2.05) is 18.2 Å². The number of hydrogen-bond acceptors (Lipinski definition) is 7. The number of urea groups is 1. The molecule has 2 aromatic carbocycles. The van der Waals surface area contributed by atoms with Crippen molar-refractivity contribution in [3.05, 3.63) is 65.1 Å². The zero-order valence-electron chi connectivity index (χ0n) is 19.5. The lowest BCUT2D eigenvalue weighted by molar-refractivity contribution is 0.165. The summed E-state index contributed by atoms with van der Waals surface area (Å²) in [7, 11) is -0.478. The lowest BCUT2D eigenvalue weighted by Crippen LogP contribution is -2.42. The highest BCUT2D eigenvalue weighted by Gasteiger charge is 2.22. The normalized spacial score (nSPS) is 13.2. The average molecular weight is 500 g/mol. The predicted molar refractivity (Wildman–Crippen MR) is 131 cm³/mol. The van der Waals surface area contributed by atoms with E-state index in [1.54, 1.807) is 38.1 Å². The maximum Gasteiger partial charge on any atom is 0.319 e. The Balaban J connectivity index is 1.55. The van der Waals surface area contributed by atoms with E-state index in [9.17, 15) is 17.6 Å². The molecule has 0 fully saturated rings. The molecule has 0 atom stereocenters. The number of nitrogens with two attached hydrogens (primary N) is 1. The SMILES string of the molecule is Cc1ccc(Nc2ncc(F)c(Nc3ccc4c(c3)CN(C(=O)N(C)C)CC4)n2)cc1S(N)(=O)=O. The van der Waals surface area contributed by atoms with Crippen LogP contribution in [0.25, 0.3) is 0 Å². The highest BCUT2D eigenvalue weighted by Crippen LogP contribution is 2.27. The summed E-state index contributed by atoms with van der Waals surface area (Å²) in [4.78, 5) is 23.7. The molecule has 2 heterocycles. The molecule has 0 spiro atoms. The second kappa shape index (κ2) is 9.47. The first-order valence-electron chi connectivity index (χ1n) is 10.8. The van der Waals surface area contributed by atoms with Gasteiger partial charge in [0.25, 0.3) is 0 Å². The molecule has 0 unspecified atom stereocenters. The highest BCUT2D eigenvalue weighted by atomic mass is 32.2. The van der Waals surface area contributed by atoms with E-state index in [0.717, 1.165) is 23.7 Å². The van der Waals surface area contributed by atoms with Crippen LogP contribution in [0, 0.1) is 12.7 Å². The number of carbonyl (C=O) groups excluding carboxylic acids is 1. The van der Waals surface area contributed by atoms with Crippen LogP contribution in [0.5, 0.6) is 0 Å². The van der Waals surface area contributed by atoms with Crippen LogP contribution in [-0.2, 0) is 23.0 Å². The third kappa shape index (κ3) is 5.49. The van der Waals surface area contributed by atoms with Crippen molar-refractivity contribution in [2.45, 2.75) is 24.8 Å². The van der Waals surface area contributed by atoms with Gasteiger partial charge in [-0.25, -0.2) is 27.7 Å². The molecule has 0 saturated heterocycles. The topological polar surface area (TPSA) is 134 Å². The number of sulfonamides is 1. The molecule has 4 rings (SSSR count). The van der Waals surface area contributed by atoms with Gasteiger partial charge in [0, 0.05) is 38.6 Å². The van der Waals surface area contributed by atoms with Crippen LogP contribution in [0.3, 0.4) is 0 Å². The Morgan fingerprint density at radius 1 is 1.11 bits per heavy atom. The fraction of sp³-hybridized carbons (Fsp3) is 0.261. The van der Waals surface area contributed by atoms with E-state index in [0.29, 0.717) is 30.0 Å². The molecule has 1 aromatic heterocycles. The van der Waals surface area contributed by atoms with Crippen LogP contribution < -0.4 is 15.8 Å². The maximum absolute atomic E-state index is 14.5. The molecule has 1 aliphatic rings. The third-order valence-electron chi connectivity index (χ3n) is 5.63. The Labute approximate surface area is 203 Å². The zero-order valence-corrected chi connectivity index (χ0v) is 20.4. The molecule has 10 nitrogen and oxygen atoms in total. The molecule has 0 bridgehead atoms. The van der Waals surface area contributed by atoms with Gasteiger partial charge in [-0.05, 0) is 54.3 Å². The van der Waals surface area contributed by atoms with Crippen LogP contribution in [-0.4, -0.2) is 54.9 Å². The standard InChI is InChI=1S/C23H26FN7O3S/c1-14-4-6-18(11-20(14)35(25,33)34)28-22-26-12-19(24)21(29-22)27-17-7-5-15-8-9-31(13-16(15)10-17)23(32)30(2)3/h4-7,10-12H,8-9,13H2,1-3H3,(H2,25,33,34)(H2,26,27,28,29). The summed E-state index contributed by atoms with van der Waals surface area (Å²) in [5, 5.41) is 11.1. The number of primary sulfonamides is 1. The average Bonchev–Trinajstić information content (AvgIpc) is 2.80. The Morgan fingerprint density at radius 3 is 2.54 bits per heavy atom. The fourth-order valence-electron chi connectivity index (χ4n) is 3.85. The quantitative estimate of drug-likeness (QED) is 0.491. The van der Waals surface area contributed by atoms with Gasteiger partial charge in [0.15, 0.2) is 11.6 Å². The number of fused-ring (bicyclic) bond motifs is 1. The van der Waals surface area contributed by atoms with Gasteiger partial charge >= 0.3 is 6.03 Å². The molecule has 4 N–H and O–H groups in total. The zero-order chi connectivity index (χ0) is 25.3. The highest BCUT2D eigenvalue weighted by molar-refractivity contribution is 7.89. The molecule has 0 aliphatic carbocycles. The molecule has 1 aliphatic heterocycles. The molecule has 35 heavy (non-hydrogen) atoms. The van der Waals surface area contributed by atoms with E-state index in [2.05, 4.69) is 20.6 Å². The number of amides is 2. The molecule has 0 saturated carbocycles. The molecular formula is C23H26FN7O3S. The minimum absolute atomic E-state index is 0.0289. The molecule has 0 radical (unpaired) electrons. The summed E-state index contributed by atoms with van der Waals surface area (Å²) >= 11 is 0. The number of carbonyl (C=O) groups is 1. The van der Waals surface area contributed by atoms with Gasteiger partial charge < -0.3 is 20.4 Å². The smallest absolute Gasteiger partial charge is 0.319 e. The summed E-state index contributed by atoms with van der Waals surface area (Å²) in [6.45, 7) is 2.73. The van der Waals surface area contributed by atoms with Crippen molar-refractivity contribution in [2.24, 2.45) is 5.14 Å². The Morgan fingerprint density at radius 2 is 1.83 bits per heavy atom. The molecular weight excluding hydrogens is 473 g/mol. The van der Waals surface area contributed by atoms with Gasteiger partial charge in [-0.3, -0.25) is 0 Å². The van der Waals surface area contributed by atoms with Crippen molar-refractivity contribution in [1.29, 1.82) is 0 Å². The molecule has 2 amide bonds. The fourth-order valence-corrected chi connectivity index (χ4v) is 4.65. The van der Waals surface area contributed by atoms with E-state index in [4.69, 9.17) is 5.14 Å². The van der Waals surface area contributed by atoms with E-state index < -0.39 is 15.8 Å². The van der Waals surface area contributed by atoms with Crippen molar-refractivity contribution in [1.82, 2.24) is 19.8 Å². The number of aromatic nitrogens is 2. The number of nitrogens with zero attached hydrogens (tertiary/aromatic N) is 4. The Bertz CT molecular complexity index is 1400. The summed E-state index contributed by atoms with van der Waals surface area (Å²) in [6.07, 6.45) is 1.75. The van der Waals surface area contributed by atoms with Crippen molar-refractivity contribution in [2.75, 3.05) is 31.3 Å². The van der Waals surface area contributed by atoms with Crippen LogP contribution >= 0.6 is 0 Å². The number of anilines is 4. The summed E-state index contributed by atoms with van der Waals surface area (Å²) in [5.74, 6) is -0.649. The first-order chi connectivity index (χ1) is 16.5. The minimum Gasteiger partial charge on any atom is -0.338 e. The number of halogens is 1. The number of aryl methyl sites for hydroxylation is 1. The van der Waals surface area contributed by atoms with E-state index in [1.165, 1.54) is 11.0 Å². The van der Waals surface area contributed by atoms with E-state index in [-0.39, 0.29) is 22.7 Å². The Kier molecular flexibility index (Phi) is 6.59. The van der Waals surface area contributed by atoms with Crippen LogP contribution in [0.1, 0.15) is 16.7 Å². The first kappa shape index (κ1) is 24.4. The van der Waals surface area contributed by atoms with E-state index >= 15 is 0 Å². The summed E-state index contributed by atoms with van der Waals surface area (Å²) in [6, 6.07) is 10.2. The number of nitrogens with one attached hydrogen (secondary N) is 2. The maximum atomic E-state index is 14.5. The lowest BCUT2D eigenvalue weighted by atomic mass is 9.99. The van der Waals surface area contributed by atoms with Gasteiger partial charge in [0.1, 0.15) is 0 Å². The molecule has 184 valence electrons. The van der Waals surface area contributed by atoms with Gasteiger partial charge in [0.2, 0.25) is 16.0 Å². The second-order valence-corrected chi connectivity index (χ2v) is 10.0. The number of rotatable bonds is 5. The third-order valence-corrected chi connectivity index (χ3v) is 6.68. The largest absolute Gasteiger partial charge is 0.338 e.